The highest BCUT2D eigenvalue weighted by atomic mass is 16.2. The summed E-state index contributed by atoms with van der Waals surface area (Å²) < 4.78 is 0. The maximum absolute atomic E-state index is 12.3. The van der Waals surface area contributed by atoms with Gasteiger partial charge in [-0.25, -0.2) is 0 Å². The van der Waals surface area contributed by atoms with Gasteiger partial charge in [0.05, 0.1) is 5.41 Å². The lowest BCUT2D eigenvalue weighted by Gasteiger charge is -2.26. The third-order valence-corrected chi connectivity index (χ3v) is 4.61. The Morgan fingerprint density at radius 3 is 1.87 bits per heavy atom. The molecule has 0 heterocycles. The van der Waals surface area contributed by atoms with E-state index in [-0.39, 0.29) is 5.41 Å². The third-order valence-electron chi connectivity index (χ3n) is 4.61. The van der Waals surface area contributed by atoms with Crippen LogP contribution in [0.5, 0.6) is 0 Å². The monoisotopic (exact) mass is 211 g/mol. The van der Waals surface area contributed by atoms with Crippen LogP contribution < -0.4 is 0 Å². The van der Waals surface area contributed by atoms with Crippen molar-refractivity contribution in [3.63, 3.8) is 0 Å². The van der Waals surface area contributed by atoms with Gasteiger partial charge in [-0.2, -0.15) is 0 Å². The van der Waals surface area contributed by atoms with Crippen LogP contribution >= 0.6 is 0 Å². The molecule has 0 unspecified atom stereocenters. The molecule has 0 saturated heterocycles. The second kappa shape index (κ2) is 4.15. The van der Waals surface area contributed by atoms with Crippen LogP contribution in [0.2, 0.25) is 0 Å². The molecule has 1 rings (SSSR count). The molecule has 1 fully saturated rings. The predicted octanol–water partition coefficient (Wildman–Crippen LogP) is 3.07. The summed E-state index contributed by atoms with van der Waals surface area (Å²) in [4.78, 5) is 14.3. The largest absolute Gasteiger partial charge is 0.343 e. The van der Waals surface area contributed by atoms with E-state index in [0.717, 1.165) is 32.4 Å². The smallest absolute Gasteiger partial charge is 0.229 e. The van der Waals surface area contributed by atoms with Crippen LogP contribution in [0, 0.1) is 10.8 Å². The Balaban J connectivity index is 2.78. The molecule has 88 valence electrons. The van der Waals surface area contributed by atoms with Gasteiger partial charge in [-0.3, -0.25) is 4.79 Å². The van der Waals surface area contributed by atoms with Gasteiger partial charge >= 0.3 is 0 Å². The molecule has 0 spiro atoms. The van der Waals surface area contributed by atoms with E-state index in [9.17, 15) is 4.79 Å². The Labute approximate surface area is 94.0 Å². The van der Waals surface area contributed by atoms with Crippen LogP contribution in [0.1, 0.15) is 53.9 Å². The number of carbonyl (C=O) groups excluding carboxylic acids is 1. The fourth-order valence-corrected chi connectivity index (χ4v) is 3.08. The highest BCUT2D eigenvalue weighted by Gasteiger charge is 2.66. The standard InChI is InChI=1S/C13H25NO/c1-6-13(7-2)10-12(13,5)11(15)14(8-3)9-4/h6-10H2,1-5H3/t12-/m1/s1. The van der Waals surface area contributed by atoms with Crippen molar-refractivity contribution in [3.8, 4) is 0 Å². The van der Waals surface area contributed by atoms with E-state index >= 15 is 0 Å². The average Bonchev–Trinajstić information content (AvgIpc) is 2.88. The van der Waals surface area contributed by atoms with Crippen molar-refractivity contribution in [3.05, 3.63) is 0 Å². The molecule has 0 aromatic carbocycles. The molecule has 0 bridgehead atoms. The van der Waals surface area contributed by atoms with Crippen LogP contribution in [0.25, 0.3) is 0 Å². The van der Waals surface area contributed by atoms with E-state index < -0.39 is 0 Å². The van der Waals surface area contributed by atoms with Crippen molar-refractivity contribution in [1.29, 1.82) is 0 Å². The summed E-state index contributed by atoms with van der Waals surface area (Å²) in [5.41, 5.74) is 0.231. The lowest BCUT2D eigenvalue weighted by Crippen LogP contribution is -2.38. The minimum Gasteiger partial charge on any atom is -0.343 e. The van der Waals surface area contributed by atoms with E-state index in [0.29, 0.717) is 11.3 Å². The van der Waals surface area contributed by atoms with Gasteiger partial charge in [0.1, 0.15) is 0 Å². The van der Waals surface area contributed by atoms with Gasteiger partial charge in [-0.1, -0.05) is 20.8 Å². The van der Waals surface area contributed by atoms with Gasteiger partial charge in [0, 0.05) is 13.1 Å². The molecule has 1 atom stereocenters. The molecular formula is C13H25NO. The van der Waals surface area contributed by atoms with E-state index in [1.807, 2.05) is 4.90 Å². The zero-order chi connectivity index (χ0) is 11.7. The van der Waals surface area contributed by atoms with Crippen LogP contribution in [-0.2, 0) is 4.79 Å². The lowest BCUT2D eigenvalue weighted by molar-refractivity contribution is -0.137. The second-order valence-corrected chi connectivity index (χ2v) is 4.97. The predicted molar refractivity (Wildman–Crippen MR) is 63.7 cm³/mol. The summed E-state index contributed by atoms with van der Waals surface area (Å²) in [7, 11) is 0. The zero-order valence-electron chi connectivity index (χ0n) is 10.9. The van der Waals surface area contributed by atoms with Gasteiger partial charge in [0.15, 0.2) is 0 Å². The number of hydrogen-bond acceptors (Lipinski definition) is 1. The van der Waals surface area contributed by atoms with E-state index in [4.69, 9.17) is 0 Å². The number of amides is 1. The molecule has 0 radical (unpaired) electrons. The third kappa shape index (κ3) is 1.68. The average molecular weight is 211 g/mol. The topological polar surface area (TPSA) is 20.3 Å². The molecule has 0 N–H and O–H groups in total. The minimum absolute atomic E-state index is 0.0669. The molecule has 0 aliphatic heterocycles. The summed E-state index contributed by atoms with van der Waals surface area (Å²) in [5, 5.41) is 0. The molecule has 1 saturated carbocycles. The Morgan fingerprint density at radius 1 is 1.13 bits per heavy atom. The Kier molecular flexibility index (Phi) is 3.47. The van der Waals surface area contributed by atoms with Gasteiger partial charge in [-0.15, -0.1) is 0 Å². The van der Waals surface area contributed by atoms with Crippen molar-refractivity contribution in [2.75, 3.05) is 13.1 Å². The highest BCUT2D eigenvalue weighted by molar-refractivity contribution is 5.86. The van der Waals surface area contributed by atoms with Gasteiger partial charge in [0.2, 0.25) is 5.91 Å². The molecule has 15 heavy (non-hydrogen) atoms. The van der Waals surface area contributed by atoms with Crippen molar-refractivity contribution in [2.45, 2.75) is 53.9 Å². The normalized spacial score (nSPS) is 27.5. The minimum atomic E-state index is -0.0669. The first-order chi connectivity index (χ1) is 7.01. The number of carbonyl (C=O) groups is 1. The van der Waals surface area contributed by atoms with Crippen LogP contribution in [0.4, 0.5) is 0 Å². The summed E-state index contributed by atoms with van der Waals surface area (Å²) in [5.74, 6) is 0.371. The Bertz CT molecular complexity index is 241. The van der Waals surface area contributed by atoms with Gasteiger partial charge in [0.25, 0.3) is 0 Å². The van der Waals surface area contributed by atoms with Crippen molar-refractivity contribution >= 4 is 5.91 Å². The number of nitrogens with zero attached hydrogens (tertiary/aromatic N) is 1. The zero-order valence-corrected chi connectivity index (χ0v) is 10.9. The Morgan fingerprint density at radius 2 is 1.60 bits per heavy atom. The first-order valence-electron chi connectivity index (χ1n) is 6.30. The van der Waals surface area contributed by atoms with Crippen molar-refractivity contribution in [2.24, 2.45) is 10.8 Å². The fourth-order valence-electron chi connectivity index (χ4n) is 3.08. The van der Waals surface area contributed by atoms with E-state index in [2.05, 4.69) is 34.6 Å². The first-order valence-corrected chi connectivity index (χ1v) is 6.30. The SMILES string of the molecule is CCN(CC)C(=O)[C@@]1(C)CC1(CC)CC. The van der Waals surface area contributed by atoms with Gasteiger partial charge in [-0.05, 0) is 38.5 Å². The number of hydrogen-bond donors (Lipinski definition) is 0. The second-order valence-electron chi connectivity index (χ2n) is 4.97. The van der Waals surface area contributed by atoms with Crippen LogP contribution in [0.3, 0.4) is 0 Å². The quantitative estimate of drug-likeness (QED) is 0.684. The molecular weight excluding hydrogens is 186 g/mol. The van der Waals surface area contributed by atoms with Gasteiger partial charge < -0.3 is 4.90 Å². The van der Waals surface area contributed by atoms with Crippen molar-refractivity contribution in [1.82, 2.24) is 4.90 Å². The van der Waals surface area contributed by atoms with Crippen molar-refractivity contribution < 1.29 is 4.79 Å². The summed E-state index contributed by atoms with van der Waals surface area (Å²) in [6.07, 6.45) is 3.35. The fraction of sp³-hybridized carbons (Fsp3) is 0.923. The molecule has 0 aromatic rings. The molecule has 2 nitrogen and oxygen atoms in total. The highest BCUT2D eigenvalue weighted by Crippen LogP contribution is 2.68. The van der Waals surface area contributed by atoms with E-state index in [1.165, 1.54) is 0 Å². The summed E-state index contributed by atoms with van der Waals surface area (Å²) >= 11 is 0. The Hall–Kier alpha value is -0.530. The molecule has 1 amide bonds. The summed E-state index contributed by atoms with van der Waals surface area (Å²) in [6, 6.07) is 0. The van der Waals surface area contributed by atoms with E-state index in [1.54, 1.807) is 0 Å². The molecule has 1 aliphatic carbocycles. The number of rotatable bonds is 5. The lowest BCUT2D eigenvalue weighted by atomic mass is 9.88. The molecule has 0 aromatic heterocycles. The summed E-state index contributed by atoms with van der Waals surface area (Å²) in [6.45, 7) is 12.4. The maximum atomic E-state index is 12.3. The molecule has 2 heteroatoms. The van der Waals surface area contributed by atoms with Crippen LogP contribution in [-0.4, -0.2) is 23.9 Å². The maximum Gasteiger partial charge on any atom is 0.229 e. The molecule has 1 aliphatic rings. The first kappa shape index (κ1) is 12.5. The van der Waals surface area contributed by atoms with Crippen LogP contribution in [0.15, 0.2) is 0 Å².